The highest BCUT2D eigenvalue weighted by atomic mass is 35.5. The molecule has 9 heteroatoms. The summed E-state index contributed by atoms with van der Waals surface area (Å²) < 4.78 is 54.5. The number of rotatable bonds is 6. The maximum absolute atomic E-state index is 12.9. The van der Waals surface area contributed by atoms with Gasteiger partial charge in [0.15, 0.2) is 0 Å². The Kier molecular flexibility index (Phi) is 6.57. The normalized spacial score (nSPS) is 16.7. The third-order valence-corrected chi connectivity index (χ3v) is 8.86. The van der Waals surface area contributed by atoms with Gasteiger partial charge in [0.2, 0.25) is 20.0 Å². The molecule has 0 atom stereocenters. The average molecular weight is 457 g/mol. The number of nitrogens with one attached hydrogen (secondary N) is 1. The zero-order valence-electron chi connectivity index (χ0n) is 16.5. The van der Waals surface area contributed by atoms with Crippen LogP contribution in [-0.4, -0.2) is 35.7 Å². The van der Waals surface area contributed by atoms with Crippen LogP contribution in [0.15, 0.2) is 41.3 Å². The third kappa shape index (κ3) is 5.12. The lowest BCUT2D eigenvalue weighted by molar-refractivity contribution is 0.574. The predicted molar refractivity (Wildman–Crippen MR) is 117 cm³/mol. The van der Waals surface area contributed by atoms with Crippen molar-refractivity contribution in [2.45, 2.75) is 38.0 Å². The van der Waals surface area contributed by atoms with E-state index >= 15 is 0 Å². The molecule has 1 N–H and O–H groups in total. The van der Waals surface area contributed by atoms with E-state index in [2.05, 4.69) is 4.72 Å². The Morgan fingerprint density at radius 2 is 1.69 bits per heavy atom. The Balaban J connectivity index is 1.79. The van der Waals surface area contributed by atoms with Crippen LogP contribution in [0.3, 0.4) is 0 Å². The van der Waals surface area contributed by atoms with Crippen LogP contribution in [0.4, 0.5) is 5.69 Å². The van der Waals surface area contributed by atoms with E-state index in [-0.39, 0.29) is 17.2 Å². The van der Waals surface area contributed by atoms with E-state index in [9.17, 15) is 16.8 Å². The van der Waals surface area contributed by atoms with Crippen molar-refractivity contribution in [1.82, 2.24) is 4.72 Å². The quantitative estimate of drug-likeness (QED) is 0.721. The molecule has 2 aromatic rings. The van der Waals surface area contributed by atoms with Gasteiger partial charge in [-0.2, -0.15) is 0 Å². The molecule has 0 amide bonds. The predicted octanol–water partition coefficient (Wildman–Crippen LogP) is 3.41. The van der Waals surface area contributed by atoms with Gasteiger partial charge < -0.3 is 0 Å². The van der Waals surface area contributed by atoms with Crippen molar-refractivity contribution < 1.29 is 16.8 Å². The molecule has 29 heavy (non-hydrogen) atoms. The van der Waals surface area contributed by atoms with Crippen LogP contribution in [0.5, 0.6) is 0 Å². The van der Waals surface area contributed by atoms with Crippen LogP contribution in [0.2, 0.25) is 5.02 Å². The summed E-state index contributed by atoms with van der Waals surface area (Å²) in [4.78, 5) is 0.201. The maximum atomic E-state index is 12.9. The van der Waals surface area contributed by atoms with E-state index in [0.29, 0.717) is 41.2 Å². The fourth-order valence-corrected chi connectivity index (χ4v) is 6.86. The monoisotopic (exact) mass is 456 g/mol. The fourth-order valence-electron chi connectivity index (χ4n) is 3.63. The van der Waals surface area contributed by atoms with Gasteiger partial charge in [-0.15, -0.1) is 0 Å². The number of nitrogens with zero attached hydrogens (tertiary/aromatic N) is 1. The second-order valence-electron chi connectivity index (χ2n) is 7.28. The molecular weight excluding hydrogens is 432 g/mol. The van der Waals surface area contributed by atoms with Gasteiger partial charge in [0.05, 0.1) is 16.3 Å². The molecule has 0 aliphatic carbocycles. The maximum Gasteiger partial charge on any atom is 0.241 e. The summed E-state index contributed by atoms with van der Waals surface area (Å²) in [6, 6.07) is 10.6. The molecule has 0 spiro atoms. The van der Waals surface area contributed by atoms with Crippen molar-refractivity contribution in [3.8, 4) is 0 Å². The first-order valence-corrected chi connectivity index (χ1v) is 12.9. The molecule has 1 saturated heterocycles. The minimum absolute atomic E-state index is 0.122. The summed E-state index contributed by atoms with van der Waals surface area (Å²) in [7, 11) is -7.07. The molecule has 0 bridgehead atoms. The van der Waals surface area contributed by atoms with E-state index in [0.717, 1.165) is 12.0 Å². The minimum atomic E-state index is -3.72. The van der Waals surface area contributed by atoms with Gasteiger partial charge in [0.25, 0.3) is 0 Å². The summed E-state index contributed by atoms with van der Waals surface area (Å²) in [6.45, 7) is 4.07. The van der Waals surface area contributed by atoms with Crippen molar-refractivity contribution in [3.05, 3.63) is 58.1 Å². The number of hydrogen-bond acceptors (Lipinski definition) is 4. The minimum Gasteiger partial charge on any atom is -0.270 e. The second kappa shape index (κ2) is 8.63. The van der Waals surface area contributed by atoms with E-state index < -0.39 is 20.0 Å². The number of anilines is 1. The second-order valence-corrected chi connectivity index (χ2v) is 11.4. The highest BCUT2D eigenvalue weighted by molar-refractivity contribution is 7.92. The Bertz CT molecular complexity index is 1070. The summed E-state index contributed by atoms with van der Waals surface area (Å²) in [5.41, 5.74) is 2.57. The Labute approximate surface area is 178 Å². The number of aryl methyl sites for hydroxylation is 2. The lowest BCUT2D eigenvalue weighted by Gasteiger charge is -2.29. The number of sulfonamides is 2. The molecule has 1 aliphatic heterocycles. The van der Waals surface area contributed by atoms with Crippen LogP contribution in [0.1, 0.15) is 29.5 Å². The molecule has 3 rings (SSSR count). The first kappa shape index (κ1) is 22.1. The molecule has 0 aromatic heterocycles. The van der Waals surface area contributed by atoms with Crippen LogP contribution >= 0.6 is 11.6 Å². The van der Waals surface area contributed by atoms with Crippen LogP contribution < -0.4 is 9.03 Å². The molecule has 1 fully saturated rings. The molecular formula is C20H25ClN2O4S2. The van der Waals surface area contributed by atoms with E-state index in [1.54, 1.807) is 38.1 Å². The summed E-state index contributed by atoms with van der Waals surface area (Å²) in [6.07, 6.45) is 1.99. The van der Waals surface area contributed by atoms with Crippen molar-refractivity contribution in [1.29, 1.82) is 0 Å². The highest BCUT2D eigenvalue weighted by Gasteiger charge is 2.28. The molecule has 2 aromatic carbocycles. The fraction of sp³-hybridized carbons (Fsp3) is 0.400. The average Bonchev–Trinajstić information content (AvgIpc) is 2.62. The Morgan fingerprint density at radius 1 is 1.07 bits per heavy atom. The van der Waals surface area contributed by atoms with Crippen LogP contribution in [0, 0.1) is 13.8 Å². The van der Waals surface area contributed by atoms with E-state index in [4.69, 9.17) is 11.6 Å². The van der Waals surface area contributed by atoms with Gasteiger partial charge in [-0.1, -0.05) is 23.7 Å². The van der Waals surface area contributed by atoms with Crippen LogP contribution in [0.25, 0.3) is 0 Å². The summed E-state index contributed by atoms with van der Waals surface area (Å²) >= 11 is 5.87. The molecule has 6 nitrogen and oxygen atoms in total. The van der Waals surface area contributed by atoms with Crippen LogP contribution in [-0.2, 0) is 26.5 Å². The van der Waals surface area contributed by atoms with Gasteiger partial charge in [-0.3, -0.25) is 4.31 Å². The highest BCUT2D eigenvalue weighted by Crippen LogP contribution is 2.30. The molecule has 0 saturated carbocycles. The molecule has 0 radical (unpaired) electrons. The summed E-state index contributed by atoms with van der Waals surface area (Å²) in [5, 5.41) is 0.636. The SMILES string of the molecule is Cc1cc(N2CCCCS2(=O)=O)cc(C)c1S(=O)(=O)NCCc1ccc(Cl)cc1. The topological polar surface area (TPSA) is 83.6 Å². The lowest BCUT2D eigenvalue weighted by atomic mass is 10.1. The van der Waals surface area contributed by atoms with Crippen molar-refractivity contribution in [3.63, 3.8) is 0 Å². The molecule has 158 valence electrons. The van der Waals surface area contributed by atoms with Crippen molar-refractivity contribution >= 4 is 37.3 Å². The van der Waals surface area contributed by atoms with Crippen molar-refractivity contribution in [2.75, 3.05) is 23.1 Å². The standard InChI is InChI=1S/C20H25ClN2O4S2/c1-15-13-19(23-11-3-4-12-28(23,24)25)14-16(2)20(15)29(26,27)22-10-9-17-5-7-18(21)8-6-17/h5-8,13-14,22H,3-4,9-12H2,1-2H3. The van der Waals surface area contributed by atoms with Gasteiger partial charge >= 0.3 is 0 Å². The third-order valence-electron chi connectivity index (χ3n) is 4.97. The van der Waals surface area contributed by atoms with E-state index in [1.807, 2.05) is 12.1 Å². The van der Waals surface area contributed by atoms with Crippen molar-refractivity contribution in [2.24, 2.45) is 0 Å². The molecule has 1 heterocycles. The van der Waals surface area contributed by atoms with Gasteiger partial charge in [0, 0.05) is 18.1 Å². The smallest absolute Gasteiger partial charge is 0.241 e. The first-order chi connectivity index (χ1) is 13.6. The number of benzene rings is 2. The Hall–Kier alpha value is -1.61. The lowest BCUT2D eigenvalue weighted by Crippen LogP contribution is -2.38. The zero-order chi connectivity index (χ0) is 21.2. The molecule has 1 aliphatic rings. The van der Waals surface area contributed by atoms with Gasteiger partial charge in [-0.25, -0.2) is 21.6 Å². The largest absolute Gasteiger partial charge is 0.270 e. The summed E-state index contributed by atoms with van der Waals surface area (Å²) in [5.74, 6) is 0.122. The van der Waals surface area contributed by atoms with E-state index in [1.165, 1.54) is 4.31 Å². The number of halogens is 1. The first-order valence-electron chi connectivity index (χ1n) is 9.46. The Morgan fingerprint density at radius 3 is 2.28 bits per heavy atom. The van der Waals surface area contributed by atoms with Gasteiger partial charge in [-0.05, 0) is 74.1 Å². The zero-order valence-corrected chi connectivity index (χ0v) is 18.9. The van der Waals surface area contributed by atoms with Gasteiger partial charge in [0.1, 0.15) is 0 Å². The molecule has 0 unspecified atom stereocenters. The number of hydrogen-bond donors (Lipinski definition) is 1.